The second kappa shape index (κ2) is 9.90. The molecule has 0 spiro atoms. The highest BCUT2D eigenvalue weighted by Crippen LogP contribution is 2.27. The van der Waals surface area contributed by atoms with Crippen LogP contribution in [0.4, 0.5) is 0 Å². The molecule has 1 unspecified atom stereocenters. The molecule has 0 N–H and O–H groups in total. The summed E-state index contributed by atoms with van der Waals surface area (Å²) in [6.07, 6.45) is 6.23. The van der Waals surface area contributed by atoms with Gasteiger partial charge in [0.25, 0.3) is 0 Å². The predicted octanol–water partition coefficient (Wildman–Crippen LogP) is 4.34. The van der Waals surface area contributed by atoms with Crippen LogP contribution in [0.25, 0.3) is 0 Å². The van der Waals surface area contributed by atoms with Gasteiger partial charge in [0.15, 0.2) is 0 Å². The van der Waals surface area contributed by atoms with E-state index in [4.69, 9.17) is 9.97 Å². The largest absolute Gasteiger partial charge is 0.342 e. The number of carbonyl (C=O) groups excluding carboxylic acids is 1. The topological polar surface area (TPSA) is 49.3 Å². The molecular weight excluding hydrogens is 384 g/mol. The fourth-order valence-electron chi connectivity index (χ4n) is 5.05. The lowest BCUT2D eigenvalue weighted by molar-refractivity contribution is -0.131. The summed E-state index contributed by atoms with van der Waals surface area (Å²) in [4.78, 5) is 27.1. The number of rotatable bonds is 5. The van der Waals surface area contributed by atoms with E-state index in [1.807, 2.05) is 18.7 Å². The van der Waals surface area contributed by atoms with E-state index in [0.29, 0.717) is 12.3 Å². The molecule has 0 aliphatic carbocycles. The van der Waals surface area contributed by atoms with E-state index in [2.05, 4.69) is 36.1 Å². The smallest absolute Gasteiger partial charge is 0.227 e. The fraction of sp³-hybridized carbons (Fsp3) is 0.577. The first-order chi connectivity index (χ1) is 15.0. The normalized spacial score (nSPS) is 20.1. The molecule has 1 aromatic carbocycles. The van der Waals surface area contributed by atoms with Crippen molar-refractivity contribution in [2.24, 2.45) is 0 Å². The number of hydrogen-bond acceptors (Lipinski definition) is 4. The monoisotopic (exact) mass is 420 g/mol. The zero-order chi connectivity index (χ0) is 21.8. The Morgan fingerprint density at radius 3 is 2.39 bits per heavy atom. The van der Waals surface area contributed by atoms with E-state index in [1.165, 1.54) is 24.0 Å². The molecule has 5 heteroatoms. The summed E-state index contributed by atoms with van der Waals surface area (Å²) < 4.78 is 0. The van der Waals surface area contributed by atoms with Crippen LogP contribution in [0, 0.1) is 20.8 Å². The molecule has 0 radical (unpaired) electrons. The highest BCUT2D eigenvalue weighted by Gasteiger charge is 2.26. The Balaban J connectivity index is 1.44. The van der Waals surface area contributed by atoms with Crippen molar-refractivity contribution in [3.05, 3.63) is 58.2 Å². The average Bonchev–Trinajstić information content (AvgIpc) is 2.78. The molecule has 3 heterocycles. The zero-order valence-corrected chi connectivity index (χ0v) is 19.4. The number of benzene rings is 1. The van der Waals surface area contributed by atoms with Gasteiger partial charge in [0.05, 0.1) is 6.42 Å². The Morgan fingerprint density at radius 1 is 0.968 bits per heavy atom. The van der Waals surface area contributed by atoms with Crippen molar-refractivity contribution < 1.29 is 4.79 Å². The lowest BCUT2D eigenvalue weighted by Gasteiger charge is -2.32. The number of piperidine rings is 2. The molecule has 2 aromatic rings. The Kier molecular flexibility index (Phi) is 7.01. The lowest BCUT2D eigenvalue weighted by atomic mass is 9.95. The van der Waals surface area contributed by atoms with E-state index >= 15 is 0 Å². The van der Waals surface area contributed by atoms with Gasteiger partial charge in [-0.05, 0) is 70.5 Å². The van der Waals surface area contributed by atoms with Crippen molar-refractivity contribution >= 4 is 5.91 Å². The molecule has 2 fully saturated rings. The van der Waals surface area contributed by atoms with Crippen LogP contribution in [-0.4, -0.2) is 51.9 Å². The third-order valence-electron chi connectivity index (χ3n) is 7.00. The summed E-state index contributed by atoms with van der Waals surface area (Å²) in [6, 6.07) is 8.66. The van der Waals surface area contributed by atoms with Crippen LogP contribution in [0.2, 0.25) is 0 Å². The molecule has 1 atom stereocenters. The van der Waals surface area contributed by atoms with Gasteiger partial charge in [-0.1, -0.05) is 24.3 Å². The second-order valence-electron chi connectivity index (χ2n) is 9.35. The van der Waals surface area contributed by atoms with Crippen LogP contribution in [0.15, 0.2) is 24.3 Å². The number of carbonyl (C=O) groups is 1. The third kappa shape index (κ3) is 5.32. The van der Waals surface area contributed by atoms with Gasteiger partial charge in [-0.3, -0.25) is 9.69 Å². The summed E-state index contributed by atoms with van der Waals surface area (Å²) in [5.41, 5.74) is 5.73. The Morgan fingerprint density at radius 2 is 1.68 bits per heavy atom. The van der Waals surface area contributed by atoms with Gasteiger partial charge in [-0.15, -0.1) is 0 Å². The molecule has 2 aliphatic heterocycles. The van der Waals surface area contributed by atoms with Crippen LogP contribution in [0.3, 0.4) is 0 Å². The molecule has 0 saturated carbocycles. The maximum atomic E-state index is 12.8. The molecule has 2 saturated heterocycles. The number of likely N-dealkylation sites (tertiary alicyclic amines) is 2. The van der Waals surface area contributed by atoms with E-state index in [0.717, 1.165) is 74.8 Å². The Hall–Kier alpha value is -2.27. The number of nitrogens with zero attached hydrogens (tertiary/aromatic N) is 4. The molecule has 5 nitrogen and oxygen atoms in total. The van der Waals surface area contributed by atoms with E-state index in [-0.39, 0.29) is 5.91 Å². The molecular formula is C26H36N4O. The number of aryl methyl sites for hydroxylation is 3. The predicted molar refractivity (Wildman–Crippen MR) is 124 cm³/mol. The summed E-state index contributed by atoms with van der Waals surface area (Å²) in [6.45, 7) is 11.2. The second-order valence-corrected chi connectivity index (χ2v) is 9.35. The maximum absolute atomic E-state index is 12.8. The number of amides is 1. The zero-order valence-electron chi connectivity index (χ0n) is 19.4. The number of aromatic nitrogens is 2. The van der Waals surface area contributed by atoms with Crippen molar-refractivity contribution in [2.45, 2.75) is 71.8 Å². The molecule has 31 heavy (non-hydrogen) atoms. The third-order valence-corrected chi connectivity index (χ3v) is 7.00. The molecule has 166 valence electrons. The van der Waals surface area contributed by atoms with E-state index in [9.17, 15) is 4.79 Å². The first-order valence-electron chi connectivity index (χ1n) is 11.9. The van der Waals surface area contributed by atoms with Crippen LogP contribution >= 0.6 is 0 Å². The maximum Gasteiger partial charge on any atom is 0.227 e. The molecule has 1 aromatic heterocycles. The van der Waals surface area contributed by atoms with Crippen molar-refractivity contribution in [1.29, 1.82) is 0 Å². The van der Waals surface area contributed by atoms with Gasteiger partial charge < -0.3 is 4.90 Å². The first kappa shape index (κ1) is 21.9. The van der Waals surface area contributed by atoms with Crippen molar-refractivity contribution in [2.75, 3.05) is 26.2 Å². The van der Waals surface area contributed by atoms with Crippen LogP contribution in [0.5, 0.6) is 0 Å². The van der Waals surface area contributed by atoms with Crippen molar-refractivity contribution in [3.63, 3.8) is 0 Å². The quantitative estimate of drug-likeness (QED) is 0.722. The van der Waals surface area contributed by atoms with E-state index in [1.54, 1.807) is 0 Å². The summed E-state index contributed by atoms with van der Waals surface area (Å²) in [7, 11) is 0. The van der Waals surface area contributed by atoms with Gasteiger partial charge >= 0.3 is 0 Å². The van der Waals surface area contributed by atoms with Crippen molar-refractivity contribution in [1.82, 2.24) is 19.8 Å². The number of hydrogen-bond donors (Lipinski definition) is 0. The van der Waals surface area contributed by atoms with Gasteiger partial charge in [-0.2, -0.15) is 0 Å². The summed E-state index contributed by atoms with van der Waals surface area (Å²) >= 11 is 0. The van der Waals surface area contributed by atoms with Gasteiger partial charge in [0.2, 0.25) is 5.91 Å². The first-order valence-corrected chi connectivity index (χ1v) is 11.9. The lowest BCUT2D eigenvalue weighted by Crippen LogP contribution is -2.37. The fourth-order valence-corrected chi connectivity index (χ4v) is 5.05. The highest BCUT2D eigenvalue weighted by atomic mass is 16.2. The molecule has 4 rings (SSSR count). The SMILES string of the molecule is Cc1ccccc1CN1CCCC(c2nc(C)c(CC(=O)N3CCCCC3)c(C)n2)C1. The van der Waals surface area contributed by atoms with Gasteiger partial charge in [-0.25, -0.2) is 9.97 Å². The minimum atomic E-state index is 0.226. The van der Waals surface area contributed by atoms with Crippen LogP contribution in [0.1, 0.15) is 71.9 Å². The Bertz CT molecular complexity index is 896. The highest BCUT2D eigenvalue weighted by molar-refractivity contribution is 5.79. The Labute approximate surface area is 186 Å². The summed E-state index contributed by atoms with van der Waals surface area (Å²) in [5.74, 6) is 1.55. The average molecular weight is 421 g/mol. The summed E-state index contributed by atoms with van der Waals surface area (Å²) in [5, 5.41) is 0. The minimum Gasteiger partial charge on any atom is -0.342 e. The molecule has 2 aliphatic rings. The molecule has 1 amide bonds. The van der Waals surface area contributed by atoms with Crippen LogP contribution < -0.4 is 0 Å². The standard InChI is InChI=1S/C26H36N4O/c1-19-10-5-6-11-22(19)17-29-13-9-12-23(18-29)26-27-20(2)24(21(3)28-26)16-25(31)30-14-7-4-8-15-30/h5-6,10-11,23H,4,7-9,12-18H2,1-3H3. The van der Waals surface area contributed by atoms with Gasteiger partial charge in [0, 0.05) is 49.0 Å². The minimum absolute atomic E-state index is 0.226. The van der Waals surface area contributed by atoms with E-state index < -0.39 is 0 Å². The molecule has 0 bridgehead atoms. The van der Waals surface area contributed by atoms with Crippen molar-refractivity contribution in [3.8, 4) is 0 Å². The van der Waals surface area contributed by atoms with Crippen LogP contribution in [-0.2, 0) is 17.8 Å². The van der Waals surface area contributed by atoms with Gasteiger partial charge in [0.1, 0.15) is 5.82 Å².